The van der Waals surface area contributed by atoms with Gasteiger partial charge in [0.05, 0.1) is 5.41 Å². The zero-order valence-electron chi connectivity index (χ0n) is 15.0. The first-order valence-electron chi connectivity index (χ1n) is 8.09. The molecule has 2 rings (SSSR count). The number of nitrogens with one attached hydrogen (secondary N) is 1. The molecular weight excluding hydrogens is 319 g/mol. The highest BCUT2D eigenvalue weighted by Crippen LogP contribution is 2.27. The molecule has 0 aliphatic carbocycles. The van der Waals surface area contributed by atoms with Gasteiger partial charge in [0.25, 0.3) is 0 Å². The van der Waals surface area contributed by atoms with Crippen LogP contribution in [-0.2, 0) is 21.5 Å². The molecule has 0 aromatic heterocycles. The quantitative estimate of drug-likeness (QED) is 0.900. The molecule has 0 saturated carbocycles. The van der Waals surface area contributed by atoms with Crippen LogP contribution in [0.5, 0.6) is 0 Å². The van der Waals surface area contributed by atoms with Crippen LogP contribution in [0, 0.1) is 5.82 Å². The molecule has 0 unspecified atom stereocenters. The zero-order chi connectivity index (χ0) is 18.6. The number of hydrogen-bond acceptors (Lipinski definition) is 2. The summed E-state index contributed by atoms with van der Waals surface area (Å²) in [5.74, 6) is -0.732. The van der Waals surface area contributed by atoms with E-state index < -0.39 is 11.2 Å². The van der Waals surface area contributed by atoms with E-state index in [1.807, 2.05) is 18.2 Å². The highest BCUT2D eigenvalue weighted by Gasteiger charge is 2.32. The standard InChI is InChI=1S/C20H23FN2O2/c1-14(24)23(4)13-15-8-7-9-16(12-15)22-19(25)20(2,3)17-10-5-6-11-18(17)21/h5-12H,13H2,1-4H3,(H,22,25). The highest BCUT2D eigenvalue weighted by atomic mass is 19.1. The van der Waals surface area contributed by atoms with Crippen molar-refractivity contribution >= 4 is 17.5 Å². The Morgan fingerprint density at radius 2 is 1.80 bits per heavy atom. The lowest BCUT2D eigenvalue weighted by Crippen LogP contribution is -2.35. The average molecular weight is 342 g/mol. The van der Waals surface area contributed by atoms with Crippen LogP contribution in [0.2, 0.25) is 0 Å². The lowest BCUT2D eigenvalue weighted by atomic mass is 9.83. The number of hydrogen-bond donors (Lipinski definition) is 1. The van der Waals surface area contributed by atoms with E-state index in [1.165, 1.54) is 13.0 Å². The van der Waals surface area contributed by atoms with E-state index in [9.17, 15) is 14.0 Å². The predicted octanol–water partition coefficient (Wildman–Crippen LogP) is 3.72. The normalized spacial score (nSPS) is 11.1. The van der Waals surface area contributed by atoms with Gasteiger partial charge in [-0.1, -0.05) is 30.3 Å². The van der Waals surface area contributed by atoms with Crippen molar-refractivity contribution in [1.82, 2.24) is 4.90 Å². The monoisotopic (exact) mass is 342 g/mol. The minimum absolute atomic E-state index is 0.0323. The molecule has 2 amide bonds. The Hall–Kier alpha value is -2.69. The van der Waals surface area contributed by atoms with Gasteiger partial charge in [0.15, 0.2) is 0 Å². The number of anilines is 1. The molecule has 0 fully saturated rings. The van der Waals surface area contributed by atoms with E-state index >= 15 is 0 Å². The first kappa shape index (κ1) is 18.6. The lowest BCUT2D eigenvalue weighted by Gasteiger charge is -2.25. The third-order valence-corrected chi connectivity index (χ3v) is 4.26. The van der Waals surface area contributed by atoms with Gasteiger partial charge in [-0.15, -0.1) is 0 Å². The van der Waals surface area contributed by atoms with Crippen molar-refractivity contribution in [2.75, 3.05) is 12.4 Å². The first-order chi connectivity index (χ1) is 11.7. The molecule has 0 bridgehead atoms. The van der Waals surface area contributed by atoms with Gasteiger partial charge in [-0.05, 0) is 37.6 Å². The van der Waals surface area contributed by atoms with E-state index in [2.05, 4.69) is 5.32 Å². The molecule has 0 spiro atoms. The van der Waals surface area contributed by atoms with Crippen LogP contribution in [0.3, 0.4) is 0 Å². The van der Waals surface area contributed by atoms with Crippen molar-refractivity contribution in [3.05, 3.63) is 65.5 Å². The maximum atomic E-state index is 14.1. The second kappa shape index (κ2) is 7.47. The number of rotatable bonds is 5. The molecule has 2 aromatic rings. The lowest BCUT2D eigenvalue weighted by molar-refractivity contribution is -0.128. The molecule has 0 atom stereocenters. The molecule has 0 radical (unpaired) electrons. The Kier molecular flexibility index (Phi) is 5.57. The summed E-state index contributed by atoms with van der Waals surface area (Å²) in [4.78, 5) is 25.6. The van der Waals surface area contributed by atoms with E-state index in [4.69, 9.17) is 0 Å². The largest absolute Gasteiger partial charge is 0.342 e. The number of carbonyl (C=O) groups excluding carboxylic acids is 2. The number of carbonyl (C=O) groups is 2. The van der Waals surface area contributed by atoms with Crippen LogP contribution in [0.4, 0.5) is 10.1 Å². The zero-order valence-corrected chi connectivity index (χ0v) is 15.0. The summed E-state index contributed by atoms with van der Waals surface area (Å²) in [6.07, 6.45) is 0. The molecule has 4 nitrogen and oxygen atoms in total. The molecule has 0 aliphatic heterocycles. The Balaban J connectivity index is 2.17. The molecule has 25 heavy (non-hydrogen) atoms. The fourth-order valence-electron chi connectivity index (χ4n) is 2.51. The van der Waals surface area contributed by atoms with Gasteiger partial charge < -0.3 is 10.2 Å². The van der Waals surface area contributed by atoms with Crippen molar-refractivity contribution < 1.29 is 14.0 Å². The van der Waals surface area contributed by atoms with Crippen molar-refractivity contribution in [3.8, 4) is 0 Å². The number of halogens is 1. The summed E-state index contributed by atoms with van der Waals surface area (Å²) >= 11 is 0. The Morgan fingerprint density at radius 3 is 2.44 bits per heavy atom. The van der Waals surface area contributed by atoms with Crippen molar-refractivity contribution in [2.45, 2.75) is 32.7 Å². The fraction of sp³-hybridized carbons (Fsp3) is 0.300. The van der Waals surface area contributed by atoms with Crippen molar-refractivity contribution in [3.63, 3.8) is 0 Å². The topological polar surface area (TPSA) is 49.4 Å². The first-order valence-corrected chi connectivity index (χ1v) is 8.09. The third-order valence-electron chi connectivity index (χ3n) is 4.26. The minimum Gasteiger partial charge on any atom is -0.342 e. The second-order valence-electron chi connectivity index (χ2n) is 6.63. The van der Waals surface area contributed by atoms with Crippen LogP contribution in [0.15, 0.2) is 48.5 Å². The molecule has 0 aliphatic rings. The molecule has 5 heteroatoms. The number of nitrogens with zero attached hydrogens (tertiary/aromatic N) is 1. The smallest absolute Gasteiger partial charge is 0.234 e. The highest BCUT2D eigenvalue weighted by molar-refractivity contribution is 5.98. The molecule has 132 valence electrons. The van der Waals surface area contributed by atoms with E-state index in [-0.39, 0.29) is 11.8 Å². The van der Waals surface area contributed by atoms with Gasteiger partial charge in [0.2, 0.25) is 11.8 Å². The van der Waals surface area contributed by atoms with Crippen LogP contribution in [0.1, 0.15) is 31.9 Å². The molecular formula is C20H23FN2O2. The summed E-state index contributed by atoms with van der Waals surface area (Å²) in [5.41, 5.74) is 0.848. The van der Waals surface area contributed by atoms with Crippen LogP contribution in [0.25, 0.3) is 0 Å². The van der Waals surface area contributed by atoms with Gasteiger partial charge >= 0.3 is 0 Å². The summed E-state index contributed by atoms with van der Waals surface area (Å²) in [6.45, 7) is 5.33. The summed E-state index contributed by atoms with van der Waals surface area (Å²) in [5, 5.41) is 2.84. The Morgan fingerprint density at radius 1 is 1.12 bits per heavy atom. The van der Waals surface area contributed by atoms with E-state index in [0.717, 1.165) is 5.56 Å². The molecule has 0 saturated heterocycles. The number of amides is 2. The van der Waals surface area contributed by atoms with E-state index in [1.54, 1.807) is 50.1 Å². The van der Waals surface area contributed by atoms with Crippen LogP contribution < -0.4 is 5.32 Å². The number of benzene rings is 2. The van der Waals surface area contributed by atoms with Gasteiger partial charge in [-0.25, -0.2) is 4.39 Å². The minimum atomic E-state index is -1.02. The predicted molar refractivity (Wildman–Crippen MR) is 96.6 cm³/mol. The van der Waals surface area contributed by atoms with Crippen molar-refractivity contribution in [2.24, 2.45) is 0 Å². The SMILES string of the molecule is CC(=O)N(C)Cc1cccc(NC(=O)C(C)(C)c2ccccc2F)c1. The molecule has 1 N–H and O–H groups in total. The summed E-state index contributed by atoms with van der Waals surface area (Å²) in [6, 6.07) is 13.6. The summed E-state index contributed by atoms with van der Waals surface area (Å²) < 4.78 is 14.1. The third kappa shape index (κ3) is 4.44. The second-order valence-corrected chi connectivity index (χ2v) is 6.63. The van der Waals surface area contributed by atoms with Gasteiger partial charge in [0.1, 0.15) is 5.82 Å². The summed E-state index contributed by atoms with van der Waals surface area (Å²) in [7, 11) is 1.72. The van der Waals surface area contributed by atoms with E-state index in [0.29, 0.717) is 17.8 Å². The molecule has 2 aromatic carbocycles. The fourth-order valence-corrected chi connectivity index (χ4v) is 2.51. The van der Waals surface area contributed by atoms with Gasteiger partial charge in [0, 0.05) is 31.8 Å². The Bertz CT molecular complexity index is 787. The maximum Gasteiger partial charge on any atom is 0.234 e. The van der Waals surface area contributed by atoms with Crippen LogP contribution in [-0.4, -0.2) is 23.8 Å². The Labute approximate surface area is 147 Å². The van der Waals surface area contributed by atoms with Crippen molar-refractivity contribution in [1.29, 1.82) is 0 Å². The van der Waals surface area contributed by atoms with Gasteiger partial charge in [-0.3, -0.25) is 9.59 Å². The molecule has 0 heterocycles. The van der Waals surface area contributed by atoms with Crippen LogP contribution >= 0.6 is 0 Å². The average Bonchev–Trinajstić information content (AvgIpc) is 2.55. The van der Waals surface area contributed by atoms with Gasteiger partial charge in [-0.2, -0.15) is 0 Å². The maximum absolute atomic E-state index is 14.1.